The van der Waals surface area contributed by atoms with Gasteiger partial charge in [-0.25, -0.2) is 4.98 Å². The zero-order valence-corrected chi connectivity index (χ0v) is 10.9. The summed E-state index contributed by atoms with van der Waals surface area (Å²) in [5.41, 5.74) is 1.17. The molecule has 2 nitrogen and oxygen atoms in total. The van der Waals surface area contributed by atoms with Crippen molar-refractivity contribution in [1.29, 1.82) is 0 Å². The van der Waals surface area contributed by atoms with E-state index in [0.717, 1.165) is 10.2 Å². The fourth-order valence-electron chi connectivity index (χ4n) is 1.25. The maximum absolute atomic E-state index is 5.77. The van der Waals surface area contributed by atoms with Crippen LogP contribution in [0.5, 0.6) is 11.6 Å². The van der Waals surface area contributed by atoms with Crippen LogP contribution < -0.4 is 4.74 Å². The maximum Gasteiger partial charge on any atom is 0.220 e. The second-order valence-electron chi connectivity index (χ2n) is 3.33. The predicted octanol–water partition coefficient (Wildman–Crippen LogP) is 4.60. The smallest absolute Gasteiger partial charge is 0.220 e. The molecule has 82 valence electrons. The SMILES string of the molecule is Cc1ccc(Oc2cccc(Cl)n2)c(Br)c1. The van der Waals surface area contributed by atoms with Crippen molar-refractivity contribution in [2.45, 2.75) is 6.92 Å². The average Bonchev–Trinajstić information content (AvgIpc) is 2.22. The number of rotatable bonds is 2. The zero-order valence-electron chi connectivity index (χ0n) is 8.58. The fraction of sp³-hybridized carbons (Fsp3) is 0.0833. The van der Waals surface area contributed by atoms with Crippen molar-refractivity contribution in [3.63, 3.8) is 0 Å². The van der Waals surface area contributed by atoms with Gasteiger partial charge in [0.1, 0.15) is 10.9 Å². The van der Waals surface area contributed by atoms with E-state index in [-0.39, 0.29) is 0 Å². The summed E-state index contributed by atoms with van der Waals surface area (Å²) < 4.78 is 6.50. The Morgan fingerprint density at radius 1 is 1.25 bits per heavy atom. The number of aryl methyl sites for hydroxylation is 1. The highest BCUT2D eigenvalue weighted by Crippen LogP contribution is 2.29. The lowest BCUT2D eigenvalue weighted by atomic mass is 10.2. The highest BCUT2D eigenvalue weighted by atomic mass is 79.9. The third-order valence-electron chi connectivity index (χ3n) is 1.99. The van der Waals surface area contributed by atoms with Crippen molar-refractivity contribution in [1.82, 2.24) is 4.98 Å². The monoisotopic (exact) mass is 297 g/mol. The summed E-state index contributed by atoms with van der Waals surface area (Å²) in [7, 11) is 0. The van der Waals surface area contributed by atoms with E-state index in [1.54, 1.807) is 18.2 Å². The minimum atomic E-state index is 0.417. The van der Waals surface area contributed by atoms with E-state index >= 15 is 0 Å². The number of benzene rings is 1. The molecule has 0 atom stereocenters. The first-order chi connectivity index (χ1) is 7.65. The van der Waals surface area contributed by atoms with Crippen LogP contribution in [0, 0.1) is 6.92 Å². The molecule has 4 heteroatoms. The van der Waals surface area contributed by atoms with E-state index in [2.05, 4.69) is 20.9 Å². The summed E-state index contributed by atoms with van der Waals surface area (Å²) in [5.74, 6) is 1.21. The molecule has 0 aliphatic heterocycles. The molecule has 0 aliphatic carbocycles. The quantitative estimate of drug-likeness (QED) is 0.756. The number of aromatic nitrogens is 1. The van der Waals surface area contributed by atoms with Crippen molar-refractivity contribution in [3.8, 4) is 11.6 Å². The van der Waals surface area contributed by atoms with Crippen LogP contribution in [0.4, 0.5) is 0 Å². The van der Waals surface area contributed by atoms with Gasteiger partial charge in [-0.05, 0) is 46.6 Å². The lowest BCUT2D eigenvalue weighted by Gasteiger charge is -2.07. The Morgan fingerprint density at radius 2 is 2.06 bits per heavy atom. The number of ether oxygens (including phenoxy) is 1. The summed E-state index contributed by atoms with van der Waals surface area (Å²) >= 11 is 9.21. The Kier molecular flexibility index (Phi) is 3.46. The Balaban J connectivity index is 2.27. The van der Waals surface area contributed by atoms with Gasteiger partial charge in [0.2, 0.25) is 5.88 Å². The topological polar surface area (TPSA) is 22.1 Å². The highest BCUT2D eigenvalue weighted by Gasteiger charge is 2.03. The first-order valence-corrected chi connectivity index (χ1v) is 5.89. The number of pyridine rings is 1. The van der Waals surface area contributed by atoms with Gasteiger partial charge in [-0.15, -0.1) is 0 Å². The summed E-state index contributed by atoms with van der Waals surface area (Å²) in [5, 5.41) is 0.417. The first kappa shape index (κ1) is 11.4. The van der Waals surface area contributed by atoms with E-state index in [1.165, 1.54) is 5.56 Å². The van der Waals surface area contributed by atoms with Crippen molar-refractivity contribution in [3.05, 3.63) is 51.6 Å². The fourth-order valence-corrected chi connectivity index (χ4v) is 1.98. The lowest BCUT2D eigenvalue weighted by molar-refractivity contribution is 0.460. The minimum absolute atomic E-state index is 0.417. The molecule has 1 heterocycles. The van der Waals surface area contributed by atoms with Crippen LogP contribution in [0.2, 0.25) is 5.15 Å². The van der Waals surface area contributed by atoms with Crippen LogP contribution in [0.3, 0.4) is 0 Å². The van der Waals surface area contributed by atoms with Crippen LogP contribution in [-0.2, 0) is 0 Å². The Bertz CT molecular complexity index is 516. The van der Waals surface area contributed by atoms with Crippen LogP contribution >= 0.6 is 27.5 Å². The van der Waals surface area contributed by atoms with Gasteiger partial charge in [-0.2, -0.15) is 0 Å². The molecular weight excluding hydrogens is 289 g/mol. The molecule has 0 aliphatic rings. The van der Waals surface area contributed by atoms with Gasteiger partial charge >= 0.3 is 0 Å². The molecule has 0 amide bonds. The van der Waals surface area contributed by atoms with Crippen LogP contribution in [0.25, 0.3) is 0 Å². The highest BCUT2D eigenvalue weighted by molar-refractivity contribution is 9.10. The molecule has 0 unspecified atom stereocenters. The number of halogens is 2. The molecule has 0 bridgehead atoms. The summed E-state index contributed by atoms with van der Waals surface area (Å²) in [4.78, 5) is 4.05. The molecule has 2 rings (SSSR count). The average molecular weight is 299 g/mol. The third kappa shape index (κ3) is 2.74. The first-order valence-electron chi connectivity index (χ1n) is 4.72. The van der Waals surface area contributed by atoms with Crippen LogP contribution in [0.15, 0.2) is 40.9 Å². The lowest BCUT2D eigenvalue weighted by Crippen LogP contribution is -1.89. The van der Waals surface area contributed by atoms with Gasteiger partial charge in [0.25, 0.3) is 0 Å². The molecule has 16 heavy (non-hydrogen) atoms. The zero-order chi connectivity index (χ0) is 11.5. The van der Waals surface area contributed by atoms with Crippen molar-refractivity contribution in [2.75, 3.05) is 0 Å². The molecule has 1 aromatic carbocycles. The van der Waals surface area contributed by atoms with Gasteiger partial charge in [0.15, 0.2) is 0 Å². The van der Waals surface area contributed by atoms with E-state index in [0.29, 0.717) is 11.0 Å². The van der Waals surface area contributed by atoms with Gasteiger partial charge in [0.05, 0.1) is 4.47 Å². The van der Waals surface area contributed by atoms with Crippen LogP contribution in [0.1, 0.15) is 5.56 Å². The third-order valence-corrected chi connectivity index (χ3v) is 2.82. The molecule has 0 saturated carbocycles. The van der Waals surface area contributed by atoms with Crippen molar-refractivity contribution < 1.29 is 4.74 Å². The summed E-state index contributed by atoms with van der Waals surface area (Å²) in [6, 6.07) is 11.1. The molecule has 0 spiro atoms. The predicted molar refractivity (Wildman–Crippen MR) is 68.2 cm³/mol. The molecule has 0 radical (unpaired) electrons. The maximum atomic E-state index is 5.77. The van der Waals surface area contributed by atoms with Crippen LogP contribution in [-0.4, -0.2) is 4.98 Å². The molecule has 0 fully saturated rings. The van der Waals surface area contributed by atoms with Gasteiger partial charge < -0.3 is 4.74 Å². The van der Waals surface area contributed by atoms with Crippen molar-refractivity contribution in [2.24, 2.45) is 0 Å². The second kappa shape index (κ2) is 4.85. The number of nitrogens with zero attached hydrogens (tertiary/aromatic N) is 1. The second-order valence-corrected chi connectivity index (χ2v) is 4.58. The van der Waals surface area contributed by atoms with Gasteiger partial charge in [-0.3, -0.25) is 0 Å². The molecular formula is C12H9BrClNO. The number of hydrogen-bond donors (Lipinski definition) is 0. The van der Waals surface area contributed by atoms with E-state index < -0.39 is 0 Å². The Hall–Kier alpha value is -1.06. The van der Waals surface area contributed by atoms with E-state index in [4.69, 9.17) is 16.3 Å². The number of hydrogen-bond acceptors (Lipinski definition) is 2. The molecule has 0 N–H and O–H groups in total. The summed E-state index contributed by atoms with van der Waals surface area (Å²) in [6.45, 7) is 2.02. The van der Waals surface area contributed by atoms with E-state index in [9.17, 15) is 0 Å². The Labute approximate surface area is 107 Å². The standard InChI is InChI=1S/C12H9BrClNO/c1-8-5-6-10(9(13)7-8)16-12-4-2-3-11(14)15-12/h2-7H,1H3. The normalized spacial score (nSPS) is 10.2. The largest absolute Gasteiger partial charge is 0.438 e. The van der Waals surface area contributed by atoms with Gasteiger partial charge in [-0.1, -0.05) is 23.7 Å². The minimum Gasteiger partial charge on any atom is -0.438 e. The molecule has 1 aromatic heterocycles. The van der Waals surface area contributed by atoms with E-state index in [1.807, 2.05) is 25.1 Å². The summed E-state index contributed by atoms with van der Waals surface area (Å²) in [6.07, 6.45) is 0. The molecule has 0 saturated heterocycles. The Morgan fingerprint density at radius 3 is 2.75 bits per heavy atom. The van der Waals surface area contributed by atoms with Crippen molar-refractivity contribution >= 4 is 27.5 Å². The molecule has 2 aromatic rings. The van der Waals surface area contributed by atoms with Gasteiger partial charge in [0, 0.05) is 6.07 Å².